The zero-order valence-electron chi connectivity index (χ0n) is 9.53. The average molecular weight is 220 g/mol. The highest BCUT2D eigenvalue weighted by atomic mass is 16.3. The quantitative estimate of drug-likeness (QED) is 0.738. The first-order chi connectivity index (χ1) is 7.39. The Hall–Kier alpha value is -1.55. The van der Waals surface area contributed by atoms with Crippen LogP contribution in [0.2, 0.25) is 0 Å². The van der Waals surface area contributed by atoms with E-state index in [-0.39, 0.29) is 17.2 Å². The number of carbonyl (C=O) groups is 1. The number of phenols is 1. The number of hydrogen-bond donors (Lipinski definition) is 2. The molecule has 0 saturated carbocycles. The van der Waals surface area contributed by atoms with E-state index in [2.05, 4.69) is 0 Å². The van der Waals surface area contributed by atoms with E-state index in [9.17, 15) is 9.90 Å². The van der Waals surface area contributed by atoms with Crippen molar-refractivity contribution in [2.45, 2.75) is 19.4 Å². The summed E-state index contributed by atoms with van der Waals surface area (Å²) in [5.74, 6) is 0.168. The number of likely N-dealkylation sites (tertiary alicyclic amines) is 1. The van der Waals surface area contributed by atoms with E-state index in [1.165, 1.54) is 6.07 Å². The van der Waals surface area contributed by atoms with Crippen LogP contribution in [0.4, 0.5) is 0 Å². The molecule has 4 nitrogen and oxygen atoms in total. The van der Waals surface area contributed by atoms with Crippen LogP contribution in [-0.4, -0.2) is 34.5 Å². The normalized spacial score (nSPS) is 18.1. The van der Waals surface area contributed by atoms with Gasteiger partial charge in [0.1, 0.15) is 5.75 Å². The minimum absolute atomic E-state index is 0.0135. The Labute approximate surface area is 94.7 Å². The maximum Gasteiger partial charge on any atom is 0.254 e. The number of aromatic hydroxyl groups is 1. The molecule has 0 spiro atoms. The van der Waals surface area contributed by atoms with E-state index in [1.807, 2.05) is 13.8 Å². The molecule has 1 heterocycles. The van der Waals surface area contributed by atoms with Gasteiger partial charge in [-0.15, -0.1) is 0 Å². The monoisotopic (exact) mass is 220 g/mol. The van der Waals surface area contributed by atoms with Gasteiger partial charge < -0.3 is 15.7 Å². The maximum atomic E-state index is 12.0. The van der Waals surface area contributed by atoms with Crippen LogP contribution in [0.5, 0.6) is 5.75 Å². The lowest BCUT2D eigenvalue weighted by Crippen LogP contribution is -2.66. The van der Waals surface area contributed by atoms with Gasteiger partial charge >= 0.3 is 0 Å². The first-order valence-corrected chi connectivity index (χ1v) is 5.27. The van der Waals surface area contributed by atoms with Crippen LogP contribution in [0.3, 0.4) is 0 Å². The number of phenolic OH excluding ortho intramolecular Hbond substituents is 1. The van der Waals surface area contributed by atoms with Gasteiger partial charge in [0.25, 0.3) is 5.91 Å². The molecule has 16 heavy (non-hydrogen) atoms. The van der Waals surface area contributed by atoms with Gasteiger partial charge in [0.15, 0.2) is 0 Å². The highest BCUT2D eigenvalue weighted by molar-refractivity contribution is 5.96. The zero-order valence-corrected chi connectivity index (χ0v) is 9.53. The second kappa shape index (κ2) is 3.49. The van der Waals surface area contributed by atoms with E-state index in [0.29, 0.717) is 18.7 Å². The second-order valence-electron chi connectivity index (χ2n) is 4.81. The molecular formula is C12H16N2O2. The molecule has 1 amide bonds. The van der Waals surface area contributed by atoms with E-state index < -0.39 is 0 Å². The van der Waals surface area contributed by atoms with E-state index >= 15 is 0 Å². The summed E-state index contributed by atoms with van der Waals surface area (Å²) in [5, 5.41) is 9.27. The molecule has 1 aromatic rings. The number of aryl methyl sites for hydroxylation is 1. The first kappa shape index (κ1) is 11.0. The Morgan fingerprint density at radius 1 is 1.50 bits per heavy atom. The number of amides is 1. The van der Waals surface area contributed by atoms with Crippen molar-refractivity contribution in [3.63, 3.8) is 0 Å². The minimum Gasteiger partial charge on any atom is -0.508 e. The second-order valence-corrected chi connectivity index (χ2v) is 4.81. The molecule has 1 aromatic carbocycles. The van der Waals surface area contributed by atoms with Gasteiger partial charge in [0, 0.05) is 24.2 Å². The van der Waals surface area contributed by atoms with Gasteiger partial charge in [-0.2, -0.15) is 0 Å². The first-order valence-electron chi connectivity index (χ1n) is 5.27. The third kappa shape index (κ3) is 1.88. The molecule has 4 heteroatoms. The Morgan fingerprint density at radius 3 is 2.62 bits per heavy atom. The maximum absolute atomic E-state index is 12.0. The van der Waals surface area contributed by atoms with Crippen LogP contribution in [0.25, 0.3) is 0 Å². The molecule has 0 radical (unpaired) electrons. The van der Waals surface area contributed by atoms with Gasteiger partial charge in [0.2, 0.25) is 0 Å². The third-order valence-corrected chi connectivity index (χ3v) is 2.83. The molecular weight excluding hydrogens is 204 g/mol. The number of benzene rings is 1. The number of rotatable bonds is 1. The highest BCUT2D eigenvalue weighted by Gasteiger charge is 2.38. The highest BCUT2D eigenvalue weighted by Crippen LogP contribution is 2.23. The molecule has 0 atom stereocenters. The van der Waals surface area contributed by atoms with Crippen LogP contribution < -0.4 is 5.73 Å². The lowest BCUT2D eigenvalue weighted by Gasteiger charge is -2.45. The van der Waals surface area contributed by atoms with Gasteiger partial charge in [-0.1, -0.05) is 0 Å². The van der Waals surface area contributed by atoms with Crippen molar-refractivity contribution in [3.8, 4) is 5.75 Å². The average Bonchev–Trinajstić information content (AvgIpc) is 2.13. The van der Waals surface area contributed by atoms with Gasteiger partial charge in [0.05, 0.1) is 0 Å². The standard InChI is InChI=1S/C12H16N2O2/c1-8-5-9(15)3-4-10(8)11(16)14-6-12(2,13)7-14/h3-5,15H,6-7,13H2,1-2H3. The van der Waals surface area contributed by atoms with Crippen molar-refractivity contribution in [1.29, 1.82) is 0 Å². The molecule has 0 unspecified atom stereocenters. The molecule has 1 aliphatic rings. The fourth-order valence-electron chi connectivity index (χ4n) is 2.03. The van der Waals surface area contributed by atoms with Crippen molar-refractivity contribution in [2.24, 2.45) is 5.73 Å². The van der Waals surface area contributed by atoms with Crippen molar-refractivity contribution < 1.29 is 9.90 Å². The molecule has 1 fully saturated rings. The predicted octanol–water partition coefficient (Wildman–Crippen LogP) is 0.874. The van der Waals surface area contributed by atoms with E-state index in [4.69, 9.17) is 5.73 Å². The van der Waals surface area contributed by atoms with Crippen LogP contribution in [0.15, 0.2) is 18.2 Å². The fourth-order valence-corrected chi connectivity index (χ4v) is 2.03. The van der Waals surface area contributed by atoms with Crippen LogP contribution in [-0.2, 0) is 0 Å². The van der Waals surface area contributed by atoms with Gasteiger partial charge in [-0.25, -0.2) is 0 Å². The lowest BCUT2D eigenvalue weighted by molar-refractivity contribution is 0.0453. The Bertz CT molecular complexity index is 433. The third-order valence-electron chi connectivity index (χ3n) is 2.83. The summed E-state index contributed by atoms with van der Waals surface area (Å²) in [6, 6.07) is 4.77. The van der Waals surface area contributed by atoms with E-state index in [0.717, 1.165) is 5.56 Å². The predicted molar refractivity (Wildman–Crippen MR) is 61.3 cm³/mol. The Balaban J connectivity index is 2.16. The Morgan fingerprint density at radius 2 is 2.12 bits per heavy atom. The summed E-state index contributed by atoms with van der Waals surface area (Å²) in [6.45, 7) is 4.92. The van der Waals surface area contributed by atoms with Crippen LogP contribution in [0.1, 0.15) is 22.8 Å². The molecule has 0 bridgehead atoms. The number of nitrogens with two attached hydrogens (primary N) is 1. The molecule has 1 aliphatic heterocycles. The topological polar surface area (TPSA) is 66.6 Å². The molecule has 1 saturated heterocycles. The number of nitrogens with zero attached hydrogens (tertiary/aromatic N) is 1. The fraction of sp³-hybridized carbons (Fsp3) is 0.417. The summed E-state index contributed by atoms with van der Waals surface area (Å²) in [5.41, 5.74) is 7.03. The summed E-state index contributed by atoms with van der Waals surface area (Å²) in [6.07, 6.45) is 0. The van der Waals surface area contributed by atoms with Crippen LogP contribution in [0, 0.1) is 6.92 Å². The summed E-state index contributed by atoms with van der Waals surface area (Å²) in [4.78, 5) is 13.8. The van der Waals surface area contributed by atoms with Crippen molar-refractivity contribution in [2.75, 3.05) is 13.1 Å². The lowest BCUT2D eigenvalue weighted by atomic mass is 9.92. The van der Waals surface area contributed by atoms with Crippen molar-refractivity contribution in [3.05, 3.63) is 29.3 Å². The molecule has 3 N–H and O–H groups in total. The SMILES string of the molecule is Cc1cc(O)ccc1C(=O)N1CC(C)(N)C1. The van der Waals surface area contributed by atoms with Crippen molar-refractivity contribution >= 4 is 5.91 Å². The number of hydrogen-bond acceptors (Lipinski definition) is 3. The largest absolute Gasteiger partial charge is 0.508 e. The molecule has 0 aromatic heterocycles. The summed E-state index contributed by atoms with van der Waals surface area (Å²) >= 11 is 0. The van der Waals surface area contributed by atoms with Gasteiger partial charge in [-0.05, 0) is 37.6 Å². The summed E-state index contributed by atoms with van der Waals surface area (Å²) in [7, 11) is 0. The molecule has 2 rings (SSSR count). The summed E-state index contributed by atoms with van der Waals surface area (Å²) < 4.78 is 0. The molecule has 0 aliphatic carbocycles. The minimum atomic E-state index is -0.250. The smallest absolute Gasteiger partial charge is 0.254 e. The zero-order chi connectivity index (χ0) is 11.9. The number of carbonyl (C=O) groups excluding carboxylic acids is 1. The Kier molecular flexibility index (Phi) is 2.39. The van der Waals surface area contributed by atoms with E-state index in [1.54, 1.807) is 17.0 Å². The van der Waals surface area contributed by atoms with Crippen LogP contribution >= 0.6 is 0 Å². The molecule has 86 valence electrons. The van der Waals surface area contributed by atoms with Gasteiger partial charge in [-0.3, -0.25) is 4.79 Å². The van der Waals surface area contributed by atoms with Crippen molar-refractivity contribution in [1.82, 2.24) is 4.90 Å².